The van der Waals surface area contributed by atoms with E-state index in [0.29, 0.717) is 18.7 Å². The Bertz CT molecular complexity index is 478. The maximum atomic E-state index is 11.1. The second kappa shape index (κ2) is 6.01. The number of anilines is 1. The number of aryl methyl sites for hydroxylation is 1. The lowest BCUT2D eigenvalue weighted by molar-refractivity contribution is -0.384. The molecule has 0 aromatic heterocycles. The Hall–Kier alpha value is -2.09. The van der Waals surface area contributed by atoms with Crippen molar-refractivity contribution < 1.29 is 4.92 Å². The summed E-state index contributed by atoms with van der Waals surface area (Å²) in [7, 11) is 0. The molecule has 5 heteroatoms. The molecule has 1 aromatic carbocycles. The van der Waals surface area contributed by atoms with Gasteiger partial charge in [-0.25, -0.2) is 0 Å². The summed E-state index contributed by atoms with van der Waals surface area (Å²) in [5.41, 5.74) is 1.57. The smallest absolute Gasteiger partial charge is 0.292 e. The predicted octanol–water partition coefficient (Wildman–Crippen LogP) is 3.03. The summed E-state index contributed by atoms with van der Waals surface area (Å²) in [6.07, 6.45) is 0.351. The second-order valence-electron chi connectivity index (χ2n) is 4.40. The average Bonchev–Trinajstić information content (AvgIpc) is 2.30. The van der Waals surface area contributed by atoms with Crippen molar-refractivity contribution in [2.24, 2.45) is 0 Å². The van der Waals surface area contributed by atoms with Gasteiger partial charge in [0.05, 0.1) is 17.4 Å². The van der Waals surface area contributed by atoms with E-state index in [0.717, 1.165) is 5.56 Å². The van der Waals surface area contributed by atoms with Crippen molar-refractivity contribution in [3.8, 4) is 6.07 Å². The highest BCUT2D eigenvalue weighted by atomic mass is 16.6. The molecule has 0 spiro atoms. The first-order chi connectivity index (χ1) is 8.49. The minimum Gasteiger partial charge on any atom is -0.362 e. The Morgan fingerprint density at radius 3 is 2.67 bits per heavy atom. The van der Waals surface area contributed by atoms with Crippen LogP contribution in [-0.4, -0.2) is 17.5 Å². The summed E-state index contributed by atoms with van der Waals surface area (Å²) in [4.78, 5) is 12.6. The van der Waals surface area contributed by atoms with Gasteiger partial charge in [-0.2, -0.15) is 5.26 Å². The molecule has 0 fully saturated rings. The van der Waals surface area contributed by atoms with E-state index in [4.69, 9.17) is 5.26 Å². The highest BCUT2D eigenvalue weighted by Crippen LogP contribution is 2.32. The van der Waals surface area contributed by atoms with Crippen molar-refractivity contribution in [1.82, 2.24) is 0 Å². The number of hydrogen-bond acceptors (Lipinski definition) is 4. The fourth-order valence-corrected chi connectivity index (χ4v) is 1.96. The molecule has 96 valence electrons. The molecule has 1 rings (SSSR count). The molecule has 1 aromatic rings. The van der Waals surface area contributed by atoms with Crippen molar-refractivity contribution >= 4 is 11.4 Å². The van der Waals surface area contributed by atoms with Gasteiger partial charge in [-0.1, -0.05) is 12.1 Å². The summed E-state index contributed by atoms with van der Waals surface area (Å²) in [5, 5.41) is 19.8. The quantitative estimate of drug-likeness (QED) is 0.592. The zero-order valence-electron chi connectivity index (χ0n) is 10.9. The van der Waals surface area contributed by atoms with Gasteiger partial charge < -0.3 is 4.90 Å². The van der Waals surface area contributed by atoms with Gasteiger partial charge in [-0.3, -0.25) is 10.1 Å². The van der Waals surface area contributed by atoms with Crippen molar-refractivity contribution in [1.29, 1.82) is 5.26 Å². The number of nitrogens with zero attached hydrogens (tertiary/aromatic N) is 3. The third-order valence-corrected chi connectivity index (χ3v) is 2.79. The van der Waals surface area contributed by atoms with Crippen molar-refractivity contribution in [3.63, 3.8) is 0 Å². The van der Waals surface area contributed by atoms with Crippen LogP contribution in [-0.2, 0) is 0 Å². The van der Waals surface area contributed by atoms with Crippen LogP contribution in [0.2, 0.25) is 0 Å². The minimum absolute atomic E-state index is 0.0987. The molecule has 0 aliphatic rings. The molecule has 0 bridgehead atoms. The number of nitriles is 1. The minimum atomic E-state index is -0.371. The number of para-hydroxylation sites is 1. The summed E-state index contributed by atoms with van der Waals surface area (Å²) < 4.78 is 0. The fraction of sp³-hybridized carbons (Fsp3) is 0.462. The summed E-state index contributed by atoms with van der Waals surface area (Å²) in [5.74, 6) is 0. The van der Waals surface area contributed by atoms with Gasteiger partial charge in [-0.15, -0.1) is 0 Å². The number of rotatable bonds is 5. The van der Waals surface area contributed by atoms with Crippen molar-refractivity contribution in [2.75, 3.05) is 11.4 Å². The third kappa shape index (κ3) is 2.98. The summed E-state index contributed by atoms with van der Waals surface area (Å²) in [6, 6.07) is 7.22. The number of hydrogen-bond donors (Lipinski definition) is 0. The van der Waals surface area contributed by atoms with Crippen molar-refractivity contribution in [2.45, 2.75) is 33.2 Å². The van der Waals surface area contributed by atoms with Crippen LogP contribution >= 0.6 is 0 Å². The predicted molar refractivity (Wildman–Crippen MR) is 70.5 cm³/mol. The van der Waals surface area contributed by atoms with Gasteiger partial charge in [-0.05, 0) is 26.3 Å². The van der Waals surface area contributed by atoms with Crippen LogP contribution in [0.4, 0.5) is 11.4 Å². The molecule has 0 aliphatic carbocycles. The van der Waals surface area contributed by atoms with E-state index in [1.807, 2.05) is 31.7 Å². The van der Waals surface area contributed by atoms with E-state index in [-0.39, 0.29) is 16.7 Å². The van der Waals surface area contributed by atoms with E-state index in [1.165, 1.54) is 6.07 Å². The number of nitro groups is 1. The lowest BCUT2D eigenvalue weighted by Crippen LogP contribution is -2.32. The molecule has 0 unspecified atom stereocenters. The van der Waals surface area contributed by atoms with Gasteiger partial charge in [0.1, 0.15) is 5.69 Å². The van der Waals surface area contributed by atoms with E-state index in [1.54, 1.807) is 6.07 Å². The van der Waals surface area contributed by atoms with Gasteiger partial charge in [0.15, 0.2) is 0 Å². The van der Waals surface area contributed by atoms with E-state index in [9.17, 15) is 10.1 Å². The van der Waals surface area contributed by atoms with Crippen LogP contribution in [0.3, 0.4) is 0 Å². The van der Waals surface area contributed by atoms with Crippen LogP contribution in [0, 0.1) is 28.4 Å². The lowest BCUT2D eigenvalue weighted by Gasteiger charge is -2.29. The first-order valence-electron chi connectivity index (χ1n) is 5.86. The monoisotopic (exact) mass is 247 g/mol. The SMILES string of the molecule is Cc1cccc([N+](=O)[O-])c1N(CCC#N)C(C)C. The fourth-order valence-electron chi connectivity index (χ4n) is 1.96. The largest absolute Gasteiger partial charge is 0.362 e. The molecule has 5 nitrogen and oxygen atoms in total. The van der Waals surface area contributed by atoms with E-state index >= 15 is 0 Å². The maximum absolute atomic E-state index is 11.1. The third-order valence-electron chi connectivity index (χ3n) is 2.79. The summed E-state index contributed by atoms with van der Waals surface area (Å²) in [6.45, 7) is 6.28. The number of benzene rings is 1. The van der Waals surface area contributed by atoms with Crippen LogP contribution in [0.5, 0.6) is 0 Å². The van der Waals surface area contributed by atoms with Gasteiger partial charge in [0, 0.05) is 18.7 Å². The molecule has 0 heterocycles. The Balaban J connectivity index is 3.26. The summed E-state index contributed by atoms with van der Waals surface area (Å²) >= 11 is 0. The van der Waals surface area contributed by atoms with E-state index < -0.39 is 0 Å². The molecule has 0 saturated carbocycles. The lowest BCUT2D eigenvalue weighted by atomic mass is 10.1. The molecule has 0 N–H and O–H groups in total. The first-order valence-corrected chi connectivity index (χ1v) is 5.86. The van der Waals surface area contributed by atoms with Gasteiger partial charge >= 0.3 is 0 Å². The molecule has 0 saturated heterocycles. The topological polar surface area (TPSA) is 70.2 Å². The van der Waals surface area contributed by atoms with Crippen LogP contribution in [0.15, 0.2) is 18.2 Å². The first kappa shape index (κ1) is 14.0. The zero-order chi connectivity index (χ0) is 13.7. The Morgan fingerprint density at radius 2 is 2.17 bits per heavy atom. The molecule has 0 radical (unpaired) electrons. The Kier molecular flexibility index (Phi) is 4.67. The normalized spacial score (nSPS) is 10.2. The number of nitro benzene ring substituents is 1. The Morgan fingerprint density at radius 1 is 1.50 bits per heavy atom. The van der Waals surface area contributed by atoms with Gasteiger partial charge in [0.25, 0.3) is 5.69 Å². The molecule has 0 aliphatic heterocycles. The van der Waals surface area contributed by atoms with Crippen molar-refractivity contribution in [3.05, 3.63) is 33.9 Å². The second-order valence-corrected chi connectivity index (χ2v) is 4.40. The van der Waals surface area contributed by atoms with Crippen LogP contribution in [0.1, 0.15) is 25.8 Å². The average molecular weight is 247 g/mol. The standard InChI is InChI=1S/C13H17N3O2/c1-10(2)15(9-5-8-14)13-11(3)6-4-7-12(13)16(17)18/h4,6-7,10H,5,9H2,1-3H3. The maximum Gasteiger partial charge on any atom is 0.292 e. The van der Waals surface area contributed by atoms with E-state index in [2.05, 4.69) is 6.07 Å². The molecule has 0 atom stereocenters. The van der Waals surface area contributed by atoms with Crippen LogP contribution < -0.4 is 4.90 Å². The van der Waals surface area contributed by atoms with Crippen LogP contribution in [0.25, 0.3) is 0 Å². The van der Waals surface area contributed by atoms with Gasteiger partial charge in [0.2, 0.25) is 0 Å². The highest BCUT2D eigenvalue weighted by molar-refractivity contribution is 5.68. The molecule has 0 amide bonds. The Labute approximate surface area is 107 Å². The molecule has 18 heavy (non-hydrogen) atoms. The zero-order valence-corrected chi connectivity index (χ0v) is 10.9. The molecular weight excluding hydrogens is 230 g/mol. The highest BCUT2D eigenvalue weighted by Gasteiger charge is 2.22. The molecular formula is C13H17N3O2.